The van der Waals surface area contributed by atoms with Crippen LogP contribution < -0.4 is 0 Å². The van der Waals surface area contributed by atoms with E-state index >= 15 is 0 Å². The number of halogens is 1. The largest absolute Gasteiger partial charge is 0.390 e. The zero-order valence-corrected chi connectivity index (χ0v) is 10.7. The maximum Gasteiger partial charge on any atom is 0.123 e. The second kappa shape index (κ2) is 6.12. The Morgan fingerprint density at radius 2 is 1.76 bits per heavy atom. The minimum absolute atomic E-state index is 0.0643. The second-order valence-electron chi connectivity index (χ2n) is 4.51. The van der Waals surface area contributed by atoms with Crippen LogP contribution in [0.1, 0.15) is 43.9 Å². The molecule has 0 aliphatic carbocycles. The molecule has 0 saturated carbocycles. The molecule has 1 rings (SSSR count). The molecule has 17 heavy (non-hydrogen) atoms. The molecule has 1 aromatic carbocycles. The van der Waals surface area contributed by atoms with Crippen LogP contribution in [-0.2, 0) is 0 Å². The quantitative estimate of drug-likeness (QED) is 0.830. The van der Waals surface area contributed by atoms with Gasteiger partial charge in [0.2, 0.25) is 0 Å². The Hall–Kier alpha value is -0.930. The third kappa shape index (κ3) is 3.27. The van der Waals surface area contributed by atoms with Crippen molar-refractivity contribution in [1.29, 1.82) is 0 Å². The van der Waals surface area contributed by atoms with E-state index in [4.69, 9.17) is 0 Å². The van der Waals surface area contributed by atoms with Crippen molar-refractivity contribution < 1.29 is 14.6 Å². The number of rotatable bonds is 5. The van der Waals surface area contributed by atoms with Crippen molar-refractivity contribution in [3.05, 3.63) is 35.1 Å². The van der Waals surface area contributed by atoms with E-state index in [-0.39, 0.29) is 11.7 Å². The number of aliphatic hydroxyl groups excluding tert-OH is 2. The highest BCUT2D eigenvalue weighted by Gasteiger charge is 2.26. The summed E-state index contributed by atoms with van der Waals surface area (Å²) in [5.41, 5.74) is 1.27. The van der Waals surface area contributed by atoms with Crippen LogP contribution in [0.3, 0.4) is 0 Å². The highest BCUT2D eigenvalue weighted by molar-refractivity contribution is 5.29. The molecule has 2 nitrogen and oxygen atoms in total. The lowest BCUT2D eigenvalue weighted by Gasteiger charge is -2.26. The molecule has 0 spiro atoms. The average Bonchev–Trinajstić information content (AvgIpc) is 2.29. The van der Waals surface area contributed by atoms with Crippen molar-refractivity contribution in [3.8, 4) is 0 Å². The SMILES string of the molecule is CCC(CC)C(O)C(O)c1ccc(F)cc1C. The third-order valence-electron chi connectivity index (χ3n) is 3.41. The van der Waals surface area contributed by atoms with Gasteiger partial charge in [-0.05, 0) is 36.1 Å². The first-order chi connectivity index (χ1) is 8.01. The van der Waals surface area contributed by atoms with E-state index in [1.165, 1.54) is 12.1 Å². The van der Waals surface area contributed by atoms with E-state index in [0.29, 0.717) is 11.1 Å². The summed E-state index contributed by atoms with van der Waals surface area (Å²) in [6.07, 6.45) is -0.112. The van der Waals surface area contributed by atoms with E-state index < -0.39 is 12.2 Å². The monoisotopic (exact) mass is 240 g/mol. The molecule has 3 heteroatoms. The van der Waals surface area contributed by atoms with E-state index in [1.807, 2.05) is 13.8 Å². The summed E-state index contributed by atoms with van der Waals surface area (Å²) < 4.78 is 13.0. The predicted molar refractivity (Wildman–Crippen MR) is 66.2 cm³/mol. The molecule has 0 bridgehead atoms. The van der Waals surface area contributed by atoms with E-state index in [9.17, 15) is 14.6 Å². The Kier molecular flexibility index (Phi) is 5.09. The first-order valence-corrected chi connectivity index (χ1v) is 6.13. The van der Waals surface area contributed by atoms with E-state index in [2.05, 4.69) is 0 Å². The Bertz CT molecular complexity index is 361. The lowest BCUT2D eigenvalue weighted by molar-refractivity contribution is -0.0212. The normalized spacial score (nSPS) is 15.0. The van der Waals surface area contributed by atoms with Gasteiger partial charge in [-0.2, -0.15) is 0 Å². The zero-order valence-electron chi connectivity index (χ0n) is 10.7. The van der Waals surface area contributed by atoms with Gasteiger partial charge in [-0.25, -0.2) is 4.39 Å². The van der Waals surface area contributed by atoms with Gasteiger partial charge in [0.1, 0.15) is 11.9 Å². The molecule has 0 aromatic heterocycles. The predicted octanol–water partition coefficient (Wildman–Crippen LogP) is 2.96. The molecule has 96 valence electrons. The second-order valence-corrected chi connectivity index (χ2v) is 4.51. The van der Waals surface area contributed by atoms with Crippen molar-refractivity contribution in [2.75, 3.05) is 0 Å². The van der Waals surface area contributed by atoms with Crippen molar-refractivity contribution in [1.82, 2.24) is 0 Å². The van der Waals surface area contributed by atoms with Gasteiger partial charge in [0, 0.05) is 0 Å². The van der Waals surface area contributed by atoms with Crippen LogP contribution in [0.2, 0.25) is 0 Å². The van der Waals surface area contributed by atoms with Crippen LogP contribution in [0.5, 0.6) is 0 Å². The minimum atomic E-state index is -0.944. The molecule has 0 aliphatic heterocycles. The fourth-order valence-corrected chi connectivity index (χ4v) is 2.18. The molecule has 0 radical (unpaired) electrons. The summed E-state index contributed by atoms with van der Waals surface area (Å²) in [4.78, 5) is 0. The van der Waals surface area contributed by atoms with Crippen LogP contribution in [-0.4, -0.2) is 16.3 Å². The Labute approximate surface area is 102 Å². The molecule has 0 aliphatic rings. The first kappa shape index (κ1) is 14.1. The molecule has 1 aromatic rings. The van der Waals surface area contributed by atoms with Crippen LogP contribution >= 0.6 is 0 Å². The van der Waals surface area contributed by atoms with Gasteiger partial charge in [-0.15, -0.1) is 0 Å². The summed E-state index contributed by atoms with van der Waals surface area (Å²) >= 11 is 0. The van der Waals surface area contributed by atoms with Gasteiger partial charge in [0.05, 0.1) is 6.10 Å². The third-order valence-corrected chi connectivity index (χ3v) is 3.41. The average molecular weight is 240 g/mol. The molecule has 2 unspecified atom stereocenters. The minimum Gasteiger partial charge on any atom is -0.390 e. The van der Waals surface area contributed by atoms with Gasteiger partial charge in [-0.3, -0.25) is 0 Å². The number of hydrogen-bond donors (Lipinski definition) is 2. The summed E-state index contributed by atoms with van der Waals surface area (Å²) in [6.45, 7) is 5.71. The molecule has 0 heterocycles. The smallest absolute Gasteiger partial charge is 0.123 e. The van der Waals surface area contributed by atoms with Crippen LogP contribution in [0.25, 0.3) is 0 Å². The molecule has 0 amide bonds. The van der Waals surface area contributed by atoms with Crippen molar-refractivity contribution in [2.24, 2.45) is 5.92 Å². The summed E-state index contributed by atoms with van der Waals surface area (Å²) in [6, 6.07) is 4.23. The fourth-order valence-electron chi connectivity index (χ4n) is 2.18. The van der Waals surface area contributed by atoms with Crippen molar-refractivity contribution in [2.45, 2.75) is 45.8 Å². The van der Waals surface area contributed by atoms with Crippen LogP contribution in [0.15, 0.2) is 18.2 Å². The molecule has 0 saturated heterocycles. The van der Waals surface area contributed by atoms with Gasteiger partial charge >= 0.3 is 0 Å². The summed E-state index contributed by atoms with van der Waals surface area (Å²) in [5.74, 6) is -0.259. The number of hydrogen-bond acceptors (Lipinski definition) is 2. The maximum absolute atomic E-state index is 13.0. The summed E-state index contributed by atoms with van der Waals surface area (Å²) in [5, 5.41) is 20.2. The fraction of sp³-hybridized carbons (Fsp3) is 0.571. The van der Waals surface area contributed by atoms with Crippen molar-refractivity contribution in [3.63, 3.8) is 0 Å². The molecule has 2 atom stereocenters. The zero-order chi connectivity index (χ0) is 13.0. The first-order valence-electron chi connectivity index (χ1n) is 6.13. The summed E-state index contributed by atoms with van der Waals surface area (Å²) in [7, 11) is 0. The standard InChI is InChI=1S/C14H21FO2/c1-4-10(5-2)13(16)14(17)12-7-6-11(15)8-9(12)3/h6-8,10,13-14,16-17H,4-5H2,1-3H3. The van der Waals surface area contributed by atoms with Crippen LogP contribution in [0.4, 0.5) is 4.39 Å². The van der Waals surface area contributed by atoms with Gasteiger partial charge in [0.15, 0.2) is 0 Å². The Balaban J connectivity index is 2.91. The van der Waals surface area contributed by atoms with Crippen LogP contribution in [0, 0.1) is 18.7 Å². The highest BCUT2D eigenvalue weighted by Crippen LogP contribution is 2.28. The number of aryl methyl sites for hydroxylation is 1. The topological polar surface area (TPSA) is 40.5 Å². The molecule has 0 fully saturated rings. The maximum atomic E-state index is 13.0. The number of aliphatic hydroxyl groups is 2. The Morgan fingerprint density at radius 1 is 1.18 bits per heavy atom. The van der Waals surface area contributed by atoms with E-state index in [0.717, 1.165) is 12.8 Å². The molecular formula is C14H21FO2. The molecule has 2 N–H and O–H groups in total. The number of benzene rings is 1. The Morgan fingerprint density at radius 3 is 2.24 bits per heavy atom. The highest BCUT2D eigenvalue weighted by atomic mass is 19.1. The van der Waals surface area contributed by atoms with Gasteiger partial charge in [0.25, 0.3) is 0 Å². The lowest BCUT2D eigenvalue weighted by atomic mass is 9.88. The van der Waals surface area contributed by atoms with Gasteiger partial charge in [-0.1, -0.05) is 32.8 Å². The van der Waals surface area contributed by atoms with Crippen molar-refractivity contribution >= 4 is 0 Å². The molecular weight excluding hydrogens is 219 g/mol. The van der Waals surface area contributed by atoms with E-state index in [1.54, 1.807) is 13.0 Å². The van der Waals surface area contributed by atoms with Gasteiger partial charge < -0.3 is 10.2 Å². The lowest BCUT2D eigenvalue weighted by Crippen LogP contribution is -2.27.